The molecule has 0 radical (unpaired) electrons. The van der Waals surface area contributed by atoms with Crippen LogP contribution in [0, 0.1) is 31.1 Å². The van der Waals surface area contributed by atoms with Crippen LogP contribution in [0.1, 0.15) is 55.2 Å². The fraction of sp³-hybridized carbons (Fsp3) is 0.417. The number of carbonyl (C=O) groups excluding carboxylic acids is 1. The van der Waals surface area contributed by atoms with E-state index >= 15 is 0 Å². The van der Waals surface area contributed by atoms with Crippen LogP contribution in [0.3, 0.4) is 0 Å². The number of carbonyl (C=O) groups is 1. The number of amides is 1. The molecule has 152 valence electrons. The Kier molecular flexibility index (Phi) is 6.43. The van der Waals surface area contributed by atoms with Crippen molar-refractivity contribution < 1.29 is 9.53 Å². The molecule has 3 rings (SSSR count). The summed E-state index contributed by atoms with van der Waals surface area (Å²) in [6.07, 6.45) is 3.48. The summed E-state index contributed by atoms with van der Waals surface area (Å²) in [7, 11) is 0. The summed E-state index contributed by atoms with van der Waals surface area (Å²) < 4.78 is 7.91. The van der Waals surface area contributed by atoms with E-state index in [1.807, 2.05) is 37.3 Å². The van der Waals surface area contributed by atoms with Crippen LogP contribution < -0.4 is 10.1 Å². The molecule has 1 aliphatic heterocycles. The van der Waals surface area contributed by atoms with Gasteiger partial charge in [0.1, 0.15) is 17.4 Å². The molecule has 1 aromatic carbocycles. The molecule has 0 fully saturated rings. The lowest BCUT2D eigenvalue weighted by molar-refractivity contribution is -0.117. The Morgan fingerprint density at radius 3 is 2.86 bits per heavy atom. The summed E-state index contributed by atoms with van der Waals surface area (Å²) >= 11 is 0. The quantitative estimate of drug-likeness (QED) is 0.573. The van der Waals surface area contributed by atoms with Crippen LogP contribution in [-0.4, -0.2) is 17.1 Å². The minimum absolute atomic E-state index is 0.123. The van der Waals surface area contributed by atoms with Crippen LogP contribution in [0.25, 0.3) is 6.08 Å². The minimum atomic E-state index is -0.346. The number of nitrogens with zero attached hydrogens (tertiary/aromatic N) is 2. The van der Waals surface area contributed by atoms with E-state index < -0.39 is 0 Å². The van der Waals surface area contributed by atoms with Crippen molar-refractivity contribution in [2.24, 2.45) is 5.92 Å². The molecule has 29 heavy (non-hydrogen) atoms. The predicted molar refractivity (Wildman–Crippen MR) is 114 cm³/mol. The van der Waals surface area contributed by atoms with Crippen LogP contribution >= 0.6 is 0 Å². The first kappa shape index (κ1) is 20.7. The zero-order chi connectivity index (χ0) is 21.0. The van der Waals surface area contributed by atoms with Crippen molar-refractivity contribution in [3.05, 3.63) is 58.4 Å². The number of ether oxygens (including phenoxy) is 1. The predicted octanol–water partition coefficient (Wildman–Crippen LogP) is 4.70. The maximum absolute atomic E-state index is 12.8. The summed E-state index contributed by atoms with van der Waals surface area (Å²) in [5.41, 5.74) is 4.23. The summed E-state index contributed by atoms with van der Waals surface area (Å²) in [4.78, 5) is 12.8. The number of aryl methyl sites for hydroxylation is 1. The van der Waals surface area contributed by atoms with Crippen molar-refractivity contribution in [2.45, 2.75) is 53.1 Å². The van der Waals surface area contributed by atoms with Gasteiger partial charge in [-0.05, 0) is 50.0 Å². The molecule has 0 spiro atoms. The Morgan fingerprint density at radius 1 is 1.38 bits per heavy atom. The van der Waals surface area contributed by atoms with Gasteiger partial charge in [0.25, 0.3) is 5.91 Å². The van der Waals surface area contributed by atoms with E-state index in [-0.39, 0.29) is 17.5 Å². The number of nitrogens with one attached hydrogen (secondary N) is 1. The van der Waals surface area contributed by atoms with Crippen molar-refractivity contribution in [3.63, 3.8) is 0 Å². The molecule has 0 aliphatic carbocycles. The second-order valence-electron chi connectivity index (χ2n) is 8.03. The molecule has 1 atom stereocenters. The third-order valence-corrected chi connectivity index (χ3v) is 5.47. The molecule has 1 N–H and O–H groups in total. The van der Waals surface area contributed by atoms with E-state index in [1.165, 1.54) is 0 Å². The lowest BCUT2D eigenvalue weighted by Crippen LogP contribution is -2.32. The van der Waals surface area contributed by atoms with Crippen LogP contribution in [0.15, 0.2) is 35.9 Å². The number of hydrogen-bond acceptors (Lipinski definition) is 3. The fourth-order valence-corrected chi connectivity index (χ4v) is 3.74. The van der Waals surface area contributed by atoms with Gasteiger partial charge in [-0.3, -0.25) is 4.79 Å². The van der Waals surface area contributed by atoms with Gasteiger partial charge in [-0.2, -0.15) is 5.26 Å². The highest BCUT2D eigenvalue weighted by molar-refractivity contribution is 6.02. The fourth-order valence-electron chi connectivity index (χ4n) is 3.74. The SMILES string of the molecule is Cc1cc(/C=C(\C#N)C(=O)N[C@H]2CCOc3ccccc32)c(C)n1CCC(C)C. The van der Waals surface area contributed by atoms with Gasteiger partial charge >= 0.3 is 0 Å². The molecule has 0 bridgehead atoms. The van der Waals surface area contributed by atoms with Gasteiger partial charge in [-0.1, -0.05) is 32.0 Å². The largest absolute Gasteiger partial charge is 0.493 e. The number of hydrogen-bond donors (Lipinski definition) is 1. The van der Waals surface area contributed by atoms with E-state index in [9.17, 15) is 10.1 Å². The van der Waals surface area contributed by atoms with Gasteiger partial charge in [-0.25, -0.2) is 0 Å². The monoisotopic (exact) mass is 391 g/mol. The van der Waals surface area contributed by atoms with Crippen molar-refractivity contribution in [3.8, 4) is 11.8 Å². The zero-order valence-corrected chi connectivity index (χ0v) is 17.7. The Hall–Kier alpha value is -3.00. The molecule has 0 unspecified atom stereocenters. The molecule has 2 heterocycles. The van der Waals surface area contributed by atoms with Crippen LogP contribution in [0.2, 0.25) is 0 Å². The van der Waals surface area contributed by atoms with E-state index in [4.69, 9.17) is 4.74 Å². The van der Waals surface area contributed by atoms with Crippen LogP contribution in [-0.2, 0) is 11.3 Å². The van der Waals surface area contributed by atoms with Gasteiger partial charge in [-0.15, -0.1) is 0 Å². The Labute approximate surface area is 173 Å². The first-order valence-corrected chi connectivity index (χ1v) is 10.2. The lowest BCUT2D eigenvalue weighted by atomic mass is 10.00. The molecule has 1 amide bonds. The van der Waals surface area contributed by atoms with Crippen molar-refractivity contribution in [1.29, 1.82) is 5.26 Å². The Bertz CT molecular complexity index is 963. The Morgan fingerprint density at radius 2 is 2.14 bits per heavy atom. The molecule has 5 nitrogen and oxygen atoms in total. The minimum Gasteiger partial charge on any atom is -0.493 e. The highest BCUT2D eigenvalue weighted by Crippen LogP contribution is 2.31. The number of benzene rings is 1. The van der Waals surface area contributed by atoms with Gasteiger partial charge in [0, 0.05) is 29.9 Å². The van der Waals surface area contributed by atoms with Gasteiger partial charge < -0.3 is 14.6 Å². The van der Waals surface area contributed by atoms with Crippen molar-refractivity contribution >= 4 is 12.0 Å². The maximum atomic E-state index is 12.8. The standard InChI is InChI=1S/C24H29N3O2/c1-16(2)9-11-27-17(3)13-19(18(27)4)14-20(15-25)24(28)26-22-10-12-29-23-8-6-5-7-21(22)23/h5-8,13-14,16,22H,9-12H2,1-4H3,(H,26,28)/b20-14+/t22-/m0/s1. The highest BCUT2D eigenvalue weighted by atomic mass is 16.5. The number of nitriles is 1. The van der Waals surface area contributed by atoms with Crippen molar-refractivity contribution in [2.75, 3.05) is 6.61 Å². The summed E-state index contributed by atoms with van der Waals surface area (Å²) in [5, 5.41) is 12.6. The molecule has 5 heteroatoms. The molecular weight excluding hydrogens is 362 g/mol. The lowest BCUT2D eigenvalue weighted by Gasteiger charge is -2.26. The van der Waals surface area contributed by atoms with E-state index in [1.54, 1.807) is 6.08 Å². The Balaban J connectivity index is 1.80. The number of para-hydroxylation sites is 1. The summed E-state index contributed by atoms with van der Waals surface area (Å²) in [6, 6.07) is 11.7. The number of aromatic nitrogens is 1. The van der Waals surface area contributed by atoms with Crippen LogP contribution in [0.5, 0.6) is 5.75 Å². The van der Waals surface area contributed by atoms with E-state index in [2.05, 4.69) is 36.7 Å². The summed E-state index contributed by atoms with van der Waals surface area (Å²) in [6.45, 7) is 10.0. The molecule has 0 saturated heterocycles. The van der Waals surface area contributed by atoms with E-state index in [0.29, 0.717) is 18.9 Å². The summed E-state index contributed by atoms with van der Waals surface area (Å²) in [5.74, 6) is 1.07. The first-order valence-electron chi connectivity index (χ1n) is 10.2. The molecule has 1 aliphatic rings. The first-order chi connectivity index (χ1) is 13.9. The number of fused-ring (bicyclic) bond motifs is 1. The zero-order valence-electron chi connectivity index (χ0n) is 17.7. The third-order valence-electron chi connectivity index (χ3n) is 5.47. The molecule has 2 aromatic rings. The second-order valence-corrected chi connectivity index (χ2v) is 8.03. The van der Waals surface area contributed by atoms with E-state index in [0.717, 1.165) is 41.2 Å². The van der Waals surface area contributed by atoms with Gasteiger partial charge in [0.15, 0.2) is 0 Å². The van der Waals surface area contributed by atoms with Crippen LogP contribution in [0.4, 0.5) is 0 Å². The van der Waals surface area contributed by atoms with Crippen molar-refractivity contribution in [1.82, 2.24) is 9.88 Å². The maximum Gasteiger partial charge on any atom is 0.262 e. The number of rotatable bonds is 6. The third kappa shape index (κ3) is 4.71. The molecule has 1 aromatic heterocycles. The molecular formula is C24H29N3O2. The average Bonchev–Trinajstić information content (AvgIpc) is 2.97. The van der Waals surface area contributed by atoms with Gasteiger partial charge in [0.05, 0.1) is 12.6 Å². The normalized spacial score (nSPS) is 16.1. The van der Waals surface area contributed by atoms with Gasteiger partial charge in [0.2, 0.25) is 0 Å². The smallest absolute Gasteiger partial charge is 0.262 e. The highest BCUT2D eigenvalue weighted by Gasteiger charge is 2.24. The topological polar surface area (TPSA) is 67.1 Å². The molecule has 0 saturated carbocycles. The second kappa shape index (κ2) is 9.00. The average molecular weight is 392 g/mol.